The van der Waals surface area contributed by atoms with Gasteiger partial charge in [0, 0.05) is 16.9 Å². The van der Waals surface area contributed by atoms with Crippen LogP contribution in [0.2, 0.25) is 0 Å². The van der Waals surface area contributed by atoms with Crippen molar-refractivity contribution in [2.75, 3.05) is 11.5 Å². The molecule has 4 heteroatoms. The van der Waals surface area contributed by atoms with Gasteiger partial charge in [0.15, 0.2) is 5.58 Å². The third-order valence-corrected chi connectivity index (χ3v) is 2.99. The maximum absolute atomic E-state index is 5.90. The van der Waals surface area contributed by atoms with Gasteiger partial charge in [-0.05, 0) is 36.8 Å². The van der Waals surface area contributed by atoms with E-state index >= 15 is 0 Å². The number of fused-ring (bicyclic) bond motifs is 1. The second kappa shape index (κ2) is 3.77. The lowest BCUT2D eigenvalue weighted by Gasteiger charge is -2.06. The second-order valence-electron chi connectivity index (χ2n) is 4.27. The minimum absolute atomic E-state index is 0.549. The van der Waals surface area contributed by atoms with E-state index in [-0.39, 0.29) is 0 Å². The molecule has 0 atom stereocenters. The number of para-hydroxylation sites is 2. The number of nitrogens with two attached hydrogens (primary N) is 2. The smallest absolute Gasteiger partial charge is 0.227 e. The largest absolute Gasteiger partial charge is 0.436 e. The highest BCUT2D eigenvalue weighted by Crippen LogP contribution is 2.31. The lowest BCUT2D eigenvalue weighted by Crippen LogP contribution is -1.96. The molecule has 0 spiro atoms. The van der Waals surface area contributed by atoms with Gasteiger partial charge in [0.25, 0.3) is 0 Å². The van der Waals surface area contributed by atoms with Gasteiger partial charge < -0.3 is 15.9 Å². The number of aromatic nitrogens is 1. The van der Waals surface area contributed by atoms with Gasteiger partial charge in [-0.15, -0.1) is 0 Å². The molecule has 3 rings (SSSR count). The SMILES string of the molecule is Cc1c(N)cc(N)cc1-c1nc2ccccc2o1. The van der Waals surface area contributed by atoms with E-state index < -0.39 is 0 Å². The van der Waals surface area contributed by atoms with E-state index in [1.807, 2.05) is 37.3 Å². The summed E-state index contributed by atoms with van der Waals surface area (Å²) in [7, 11) is 0. The Morgan fingerprint density at radius 1 is 1.11 bits per heavy atom. The summed E-state index contributed by atoms with van der Waals surface area (Å²) in [6.45, 7) is 1.93. The molecule has 0 aliphatic carbocycles. The Morgan fingerprint density at radius 2 is 1.89 bits per heavy atom. The van der Waals surface area contributed by atoms with Crippen molar-refractivity contribution in [2.24, 2.45) is 0 Å². The van der Waals surface area contributed by atoms with Crippen LogP contribution >= 0.6 is 0 Å². The van der Waals surface area contributed by atoms with E-state index in [0.717, 1.165) is 22.2 Å². The summed E-state index contributed by atoms with van der Waals surface area (Å²) in [5.74, 6) is 0.549. The molecule has 4 nitrogen and oxygen atoms in total. The van der Waals surface area contributed by atoms with Crippen LogP contribution in [-0.2, 0) is 0 Å². The van der Waals surface area contributed by atoms with Crippen LogP contribution in [0.4, 0.5) is 11.4 Å². The molecule has 0 aliphatic heterocycles. The number of hydrogen-bond acceptors (Lipinski definition) is 4. The molecule has 0 fully saturated rings. The summed E-state index contributed by atoms with van der Waals surface area (Å²) >= 11 is 0. The topological polar surface area (TPSA) is 78.1 Å². The summed E-state index contributed by atoms with van der Waals surface area (Å²) in [6, 6.07) is 11.2. The number of hydrogen-bond donors (Lipinski definition) is 2. The molecule has 0 saturated carbocycles. The zero-order valence-electron chi connectivity index (χ0n) is 9.97. The highest BCUT2D eigenvalue weighted by molar-refractivity contribution is 5.79. The number of benzene rings is 2. The maximum Gasteiger partial charge on any atom is 0.227 e. The van der Waals surface area contributed by atoms with Gasteiger partial charge in [0.05, 0.1) is 0 Å². The molecule has 1 aromatic heterocycles. The Kier molecular flexibility index (Phi) is 2.23. The molecule has 1 heterocycles. The Labute approximate surface area is 104 Å². The fourth-order valence-electron chi connectivity index (χ4n) is 1.97. The maximum atomic E-state index is 5.90. The average molecular weight is 239 g/mol. The Hall–Kier alpha value is -2.49. The van der Waals surface area contributed by atoms with Crippen molar-refractivity contribution in [3.63, 3.8) is 0 Å². The zero-order chi connectivity index (χ0) is 12.7. The van der Waals surface area contributed by atoms with Gasteiger partial charge in [-0.3, -0.25) is 0 Å². The molecule has 0 saturated heterocycles. The van der Waals surface area contributed by atoms with E-state index in [1.165, 1.54) is 0 Å². The van der Waals surface area contributed by atoms with Crippen molar-refractivity contribution >= 4 is 22.5 Å². The molecule has 90 valence electrons. The molecule has 0 unspecified atom stereocenters. The molecule has 2 aromatic carbocycles. The number of oxazole rings is 1. The summed E-state index contributed by atoms with van der Waals surface area (Å²) in [5.41, 5.74) is 16.3. The summed E-state index contributed by atoms with van der Waals surface area (Å²) in [4.78, 5) is 4.45. The lowest BCUT2D eigenvalue weighted by atomic mass is 10.1. The van der Waals surface area contributed by atoms with Gasteiger partial charge in [0.1, 0.15) is 5.52 Å². The molecule has 0 radical (unpaired) electrons. The molecule has 0 amide bonds. The quantitative estimate of drug-likeness (QED) is 0.640. The van der Waals surface area contributed by atoms with E-state index in [2.05, 4.69) is 4.98 Å². The van der Waals surface area contributed by atoms with E-state index in [4.69, 9.17) is 15.9 Å². The van der Waals surface area contributed by atoms with Gasteiger partial charge in [-0.1, -0.05) is 12.1 Å². The molecule has 0 aliphatic rings. The van der Waals surface area contributed by atoms with E-state index in [0.29, 0.717) is 17.3 Å². The number of nitrogens with zero attached hydrogens (tertiary/aromatic N) is 1. The second-order valence-corrected chi connectivity index (χ2v) is 4.27. The number of nitrogen functional groups attached to an aromatic ring is 2. The molecule has 18 heavy (non-hydrogen) atoms. The Bertz CT molecular complexity index is 698. The average Bonchev–Trinajstić information content (AvgIpc) is 2.77. The zero-order valence-corrected chi connectivity index (χ0v) is 9.97. The Balaban J connectivity index is 2.26. The third-order valence-electron chi connectivity index (χ3n) is 2.99. The van der Waals surface area contributed by atoms with Crippen LogP contribution in [0.25, 0.3) is 22.6 Å². The van der Waals surface area contributed by atoms with Gasteiger partial charge in [-0.2, -0.15) is 0 Å². The fraction of sp³-hybridized carbons (Fsp3) is 0.0714. The lowest BCUT2D eigenvalue weighted by molar-refractivity contribution is 0.619. The summed E-state index contributed by atoms with van der Waals surface area (Å²) in [6.07, 6.45) is 0. The van der Waals surface area contributed by atoms with E-state index in [1.54, 1.807) is 6.07 Å². The first-order valence-corrected chi connectivity index (χ1v) is 5.66. The minimum Gasteiger partial charge on any atom is -0.436 e. The predicted molar refractivity (Wildman–Crippen MR) is 73.0 cm³/mol. The van der Waals surface area contributed by atoms with Crippen molar-refractivity contribution in [1.29, 1.82) is 0 Å². The molecule has 4 N–H and O–H groups in total. The number of anilines is 2. The van der Waals surface area contributed by atoms with Crippen LogP contribution in [0.1, 0.15) is 5.56 Å². The van der Waals surface area contributed by atoms with Crippen LogP contribution in [0.3, 0.4) is 0 Å². The van der Waals surface area contributed by atoms with E-state index in [9.17, 15) is 0 Å². The molecule has 3 aromatic rings. The molecule has 0 bridgehead atoms. The Morgan fingerprint density at radius 3 is 2.67 bits per heavy atom. The fourth-order valence-corrected chi connectivity index (χ4v) is 1.97. The van der Waals surface area contributed by atoms with Crippen LogP contribution in [0.15, 0.2) is 40.8 Å². The van der Waals surface area contributed by atoms with Crippen LogP contribution in [0, 0.1) is 6.92 Å². The first kappa shape index (κ1) is 10.7. The van der Waals surface area contributed by atoms with Crippen molar-refractivity contribution < 1.29 is 4.42 Å². The standard InChI is InChI=1S/C14H13N3O/c1-8-10(6-9(15)7-11(8)16)14-17-12-4-2-3-5-13(12)18-14/h2-7H,15-16H2,1H3. The van der Waals surface area contributed by atoms with Crippen LogP contribution < -0.4 is 11.5 Å². The van der Waals surface area contributed by atoms with Gasteiger partial charge in [-0.25, -0.2) is 4.98 Å². The van der Waals surface area contributed by atoms with Crippen molar-refractivity contribution in [1.82, 2.24) is 4.98 Å². The van der Waals surface area contributed by atoms with Crippen molar-refractivity contribution in [3.8, 4) is 11.5 Å². The van der Waals surface area contributed by atoms with Crippen LogP contribution in [-0.4, -0.2) is 4.98 Å². The molecular weight excluding hydrogens is 226 g/mol. The summed E-state index contributed by atoms with van der Waals surface area (Å²) < 4.78 is 5.72. The number of rotatable bonds is 1. The highest BCUT2D eigenvalue weighted by Gasteiger charge is 2.12. The monoisotopic (exact) mass is 239 g/mol. The van der Waals surface area contributed by atoms with Crippen LogP contribution in [0.5, 0.6) is 0 Å². The predicted octanol–water partition coefficient (Wildman–Crippen LogP) is 2.97. The third kappa shape index (κ3) is 1.59. The van der Waals surface area contributed by atoms with Gasteiger partial charge in [0.2, 0.25) is 5.89 Å². The van der Waals surface area contributed by atoms with Gasteiger partial charge >= 0.3 is 0 Å². The highest BCUT2D eigenvalue weighted by atomic mass is 16.3. The first-order valence-electron chi connectivity index (χ1n) is 5.66. The summed E-state index contributed by atoms with van der Waals surface area (Å²) in [5, 5.41) is 0. The minimum atomic E-state index is 0.549. The van der Waals surface area contributed by atoms with Crippen molar-refractivity contribution in [2.45, 2.75) is 6.92 Å². The first-order chi connectivity index (χ1) is 8.65. The van der Waals surface area contributed by atoms with Crippen molar-refractivity contribution in [3.05, 3.63) is 42.0 Å². The molecular formula is C14H13N3O. The normalized spacial score (nSPS) is 10.9.